The lowest BCUT2D eigenvalue weighted by Crippen LogP contribution is -2.30. The van der Waals surface area contributed by atoms with Crippen molar-refractivity contribution in [1.29, 1.82) is 0 Å². The molecule has 2 aliphatic rings. The van der Waals surface area contributed by atoms with Crippen molar-refractivity contribution in [2.24, 2.45) is 5.92 Å². The number of aromatic nitrogens is 2. The summed E-state index contributed by atoms with van der Waals surface area (Å²) in [4.78, 5) is 33.2. The van der Waals surface area contributed by atoms with Gasteiger partial charge in [0, 0.05) is 32.0 Å². The maximum atomic E-state index is 13.4. The lowest BCUT2D eigenvalue weighted by atomic mass is 9.87. The number of amides is 1. The molecule has 7 nitrogen and oxygen atoms in total. The Hall–Kier alpha value is -2.23. The molecule has 176 valence electrons. The predicted molar refractivity (Wildman–Crippen MR) is 137 cm³/mol. The van der Waals surface area contributed by atoms with Gasteiger partial charge in [-0.2, -0.15) is 0 Å². The van der Waals surface area contributed by atoms with E-state index in [0.717, 1.165) is 31.6 Å². The van der Waals surface area contributed by atoms with Gasteiger partial charge in [0.1, 0.15) is 15.8 Å². The minimum atomic E-state index is -0.200. The van der Waals surface area contributed by atoms with Crippen LogP contribution in [0.25, 0.3) is 11.7 Å². The summed E-state index contributed by atoms with van der Waals surface area (Å²) in [7, 11) is 0. The molecule has 2 aromatic heterocycles. The van der Waals surface area contributed by atoms with Gasteiger partial charge in [0.05, 0.1) is 10.5 Å². The summed E-state index contributed by atoms with van der Waals surface area (Å²) in [5.41, 5.74) is 0.774. The van der Waals surface area contributed by atoms with Gasteiger partial charge in [-0.25, -0.2) is 4.98 Å². The Bertz CT molecular complexity index is 1120. The molecule has 2 fully saturated rings. The van der Waals surface area contributed by atoms with E-state index in [1.165, 1.54) is 16.2 Å². The van der Waals surface area contributed by atoms with Crippen molar-refractivity contribution in [3.63, 3.8) is 0 Å². The third-order valence-electron chi connectivity index (χ3n) is 6.15. The number of fused-ring (bicyclic) bond motifs is 1. The van der Waals surface area contributed by atoms with E-state index in [2.05, 4.69) is 12.2 Å². The van der Waals surface area contributed by atoms with E-state index in [1.807, 2.05) is 19.1 Å². The Morgan fingerprint density at radius 2 is 2.06 bits per heavy atom. The molecular weight excluding hydrogens is 456 g/mol. The molecule has 33 heavy (non-hydrogen) atoms. The van der Waals surface area contributed by atoms with Crippen molar-refractivity contribution in [2.45, 2.75) is 52.0 Å². The van der Waals surface area contributed by atoms with Crippen LogP contribution in [-0.2, 0) is 9.53 Å². The molecule has 0 bridgehead atoms. The molecule has 1 aliphatic heterocycles. The SMILES string of the molecule is CCOCCCN1C(=O)C(=Cc2c(NC3CCC(C)CC3)nc3ccccn3c2=O)SC1=S. The molecule has 1 amide bonds. The van der Waals surface area contributed by atoms with Crippen LogP contribution in [0.5, 0.6) is 0 Å². The Balaban J connectivity index is 1.65. The molecule has 0 unspecified atom stereocenters. The monoisotopic (exact) mass is 486 g/mol. The highest BCUT2D eigenvalue weighted by molar-refractivity contribution is 8.26. The minimum absolute atomic E-state index is 0.170. The zero-order valence-corrected chi connectivity index (χ0v) is 20.7. The quantitative estimate of drug-likeness (QED) is 0.338. The van der Waals surface area contributed by atoms with Gasteiger partial charge in [0.15, 0.2) is 0 Å². The average Bonchev–Trinajstić information content (AvgIpc) is 3.08. The highest BCUT2D eigenvalue weighted by Crippen LogP contribution is 2.33. The molecule has 0 atom stereocenters. The predicted octanol–water partition coefficient (Wildman–Crippen LogP) is 4.31. The first-order valence-corrected chi connectivity index (χ1v) is 12.8. The maximum absolute atomic E-state index is 13.4. The number of ether oxygens (including phenoxy) is 1. The van der Waals surface area contributed by atoms with Gasteiger partial charge in [-0.1, -0.05) is 37.0 Å². The second kappa shape index (κ2) is 10.8. The van der Waals surface area contributed by atoms with Gasteiger partial charge in [-0.05, 0) is 63.2 Å². The fourth-order valence-corrected chi connectivity index (χ4v) is 5.52. The van der Waals surface area contributed by atoms with Crippen molar-refractivity contribution >= 4 is 51.7 Å². The molecule has 3 heterocycles. The second-order valence-electron chi connectivity index (χ2n) is 8.59. The van der Waals surface area contributed by atoms with Crippen molar-refractivity contribution in [3.05, 3.63) is 45.2 Å². The van der Waals surface area contributed by atoms with E-state index in [1.54, 1.807) is 23.2 Å². The molecule has 0 radical (unpaired) electrons. The second-order valence-corrected chi connectivity index (χ2v) is 10.3. The number of carbonyl (C=O) groups excluding carboxylic acids is 1. The average molecular weight is 487 g/mol. The van der Waals surface area contributed by atoms with Crippen molar-refractivity contribution in [1.82, 2.24) is 14.3 Å². The van der Waals surface area contributed by atoms with Crippen LogP contribution in [0.3, 0.4) is 0 Å². The summed E-state index contributed by atoms with van der Waals surface area (Å²) < 4.78 is 7.40. The van der Waals surface area contributed by atoms with Crippen LogP contribution in [0.4, 0.5) is 5.82 Å². The third-order valence-corrected chi connectivity index (χ3v) is 7.53. The number of thiocarbonyl (C=S) groups is 1. The molecule has 9 heteroatoms. The molecule has 0 spiro atoms. The zero-order chi connectivity index (χ0) is 23.4. The third kappa shape index (κ3) is 5.47. The summed E-state index contributed by atoms with van der Waals surface area (Å²) in [5, 5.41) is 3.51. The van der Waals surface area contributed by atoms with Gasteiger partial charge < -0.3 is 10.1 Å². The lowest BCUT2D eigenvalue weighted by molar-refractivity contribution is -0.122. The van der Waals surface area contributed by atoms with Crippen molar-refractivity contribution in [2.75, 3.05) is 25.1 Å². The van der Waals surface area contributed by atoms with E-state index in [0.29, 0.717) is 52.4 Å². The molecule has 2 aromatic rings. The first-order chi connectivity index (χ1) is 16.0. The lowest BCUT2D eigenvalue weighted by Gasteiger charge is -2.27. The number of nitrogens with zero attached hydrogens (tertiary/aromatic N) is 3. The minimum Gasteiger partial charge on any atom is -0.382 e. The normalized spacial score (nSPS) is 22.5. The van der Waals surface area contributed by atoms with Crippen LogP contribution in [0.15, 0.2) is 34.1 Å². The Morgan fingerprint density at radius 3 is 2.82 bits per heavy atom. The number of anilines is 1. The number of nitrogens with one attached hydrogen (secondary N) is 1. The summed E-state index contributed by atoms with van der Waals surface area (Å²) in [6.45, 7) is 5.95. The van der Waals surface area contributed by atoms with Gasteiger partial charge in [0.2, 0.25) is 0 Å². The summed E-state index contributed by atoms with van der Waals surface area (Å²) in [5.74, 6) is 1.09. The van der Waals surface area contributed by atoms with Gasteiger partial charge in [0.25, 0.3) is 11.5 Å². The van der Waals surface area contributed by atoms with Crippen molar-refractivity contribution < 1.29 is 9.53 Å². The Morgan fingerprint density at radius 1 is 1.27 bits per heavy atom. The number of carbonyl (C=O) groups is 1. The smallest absolute Gasteiger partial charge is 0.267 e. The number of thioether (sulfide) groups is 1. The van der Waals surface area contributed by atoms with Crippen molar-refractivity contribution in [3.8, 4) is 0 Å². The van der Waals surface area contributed by atoms with E-state index < -0.39 is 0 Å². The van der Waals surface area contributed by atoms with E-state index in [4.69, 9.17) is 21.9 Å². The standard InChI is InChI=1S/C24H30N4O3S2/c1-3-31-14-6-13-28-23(30)19(33-24(28)32)15-18-21(25-17-10-8-16(2)9-11-17)26-20-7-4-5-12-27(20)22(18)29/h4-5,7,12,15-17,25H,3,6,8-11,13-14H2,1-2H3. The topological polar surface area (TPSA) is 75.9 Å². The Labute approximate surface area is 203 Å². The van der Waals surface area contributed by atoms with Gasteiger partial charge in [-0.15, -0.1) is 0 Å². The fourth-order valence-electron chi connectivity index (χ4n) is 4.23. The summed E-state index contributed by atoms with van der Waals surface area (Å²) in [6, 6.07) is 5.74. The van der Waals surface area contributed by atoms with Crippen LogP contribution >= 0.6 is 24.0 Å². The number of pyridine rings is 1. The van der Waals surface area contributed by atoms with Crippen LogP contribution in [-0.4, -0.2) is 50.3 Å². The highest BCUT2D eigenvalue weighted by Gasteiger charge is 2.32. The number of hydrogen-bond donors (Lipinski definition) is 1. The molecular formula is C24H30N4O3S2. The number of rotatable bonds is 8. The first-order valence-electron chi connectivity index (χ1n) is 11.6. The largest absolute Gasteiger partial charge is 0.382 e. The highest BCUT2D eigenvalue weighted by atomic mass is 32.2. The molecule has 1 N–H and O–H groups in total. The molecule has 4 rings (SSSR count). The summed E-state index contributed by atoms with van der Waals surface area (Å²) >= 11 is 6.68. The molecule has 1 saturated carbocycles. The van der Waals surface area contributed by atoms with Gasteiger partial charge >= 0.3 is 0 Å². The first kappa shape index (κ1) is 23.9. The zero-order valence-electron chi connectivity index (χ0n) is 19.1. The maximum Gasteiger partial charge on any atom is 0.267 e. The fraction of sp³-hybridized carbons (Fsp3) is 0.500. The van der Waals surface area contributed by atoms with E-state index >= 15 is 0 Å². The van der Waals surface area contributed by atoms with Crippen LogP contribution < -0.4 is 10.9 Å². The number of hydrogen-bond acceptors (Lipinski definition) is 7. The van der Waals surface area contributed by atoms with Crippen LogP contribution in [0, 0.1) is 5.92 Å². The van der Waals surface area contributed by atoms with E-state index in [9.17, 15) is 9.59 Å². The molecule has 1 saturated heterocycles. The molecule has 0 aromatic carbocycles. The van der Waals surface area contributed by atoms with Crippen LogP contribution in [0.2, 0.25) is 0 Å². The summed E-state index contributed by atoms with van der Waals surface area (Å²) in [6.07, 6.45) is 8.45. The van der Waals surface area contributed by atoms with Crippen LogP contribution in [0.1, 0.15) is 51.5 Å². The van der Waals surface area contributed by atoms with Gasteiger partial charge in [-0.3, -0.25) is 18.9 Å². The Kier molecular flexibility index (Phi) is 7.82. The van der Waals surface area contributed by atoms with E-state index in [-0.39, 0.29) is 17.5 Å². The molecule has 1 aliphatic carbocycles.